The van der Waals surface area contributed by atoms with E-state index in [1.165, 1.54) is 6.20 Å². The third-order valence-corrected chi connectivity index (χ3v) is 4.01. The Balaban J connectivity index is 2.02. The van der Waals surface area contributed by atoms with Gasteiger partial charge in [-0.15, -0.1) is 0 Å². The van der Waals surface area contributed by atoms with Crippen LogP contribution in [0, 0.1) is 0 Å². The summed E-state index contributed by atoms with van der Waals surface area (Å²) in [6, 6.07) is 3.32. The standard InChI is InChI=1S/C11H15N3O2S/c12-9-4-3-5-13-11(9)17(16)8-10(15)14-6-1-2-7-14/h3-5H,1-2,6-8,12H2. The Labute approximate surface area is 102 Å². The van der Waals surface area contributed by atoms with Gasteiger partial charge < -0.3 is 10.6 Å². The van der Waals surface area contributed by atoms with Gasteiger partial charge in [-0.25, -0.2) is 4.98 Å². The van der Waals surface area contributed by atoms with Crippen LogP contribution in [-0.4, -0.2) is 38.8 Å². The van der Waals surface area contributed by atoms with Crippen molar-refractivity contribution in [2.75, 3.05) is 24.6 Å². The van der Waals surface area contributed by atoms with Crippen LogP contribution in [0.25, 0.3) is 0 Å². The molecule has 1 atom stereocenters. The first kappa shape index (κ1) is 12.0. The molecule has 92 valence electrons. The summed E-state index contributed by atoms with van der Waals surface area (Å²) >= 11 is 0. The molecule has 0 radical (unpaired) electrons. The Morgan fingerprint density at radius 3 is 2.82 bits per heavy atom. The summed E-state index contributed by atoms with van der Waals surface area (Å²) in [5.41, 5.74) is 6.05. The summed E-state index contributed by atoms with van der Waals surface area (Å²) in [6.45, 7) is 1.54. The first-order valence-electron chi connectivity index (χ1n) is 5.55. The van der Waals surface area contributed by atoms with Crippen LogP contribution in [0.1, 0.15) is 12.8 Å². The molecule has 0 aromatic carbocycles. The van der Waals surface area contributed by atoms with E-state index in [2.05, 4.69) is 4.98 Å². The van der Waals surface area contributed by atoms with Gasteiger partial charge in [-0.3, -0.25) is 9.00 Å². The largest absolute Gasteiger partial charge is 0.396 e. The van der Waals surface area contributed by atoms with E-state index < -0.39 is 10.8 Å². The molecule has 0 spiro atoms. The lowest BCUT2D eigenvalue weighted by Gasteiger charge is -2.14. The van der Waals surface area contributed by atoms with Crippen molar-refractivity contribution in [3.8, 4) is 0 Å². The van der Waals surface area contributed by atoms with Gasteiger partial charge in [-0.1, -0.05) is 0 Å². The molecule has 0 bridgehead atoms. The number of nitrogen functional groups attached to an aromatic ring is 1. The highest BCUT2D eigenvalue weighted by Gasteiger charge is 2.21. The van der Waals surface area contributed by atoms with Gasteiger partial charge in [0.15, 0.2) is 5.03 Å². The maximum absolute atomic E-state index is 12.0. The van der Waals surface area contributed by atoms with Crippen molar-refractivity contribution in [3.63, 3.8) is 0 Å². The van der Waals surface area contributed by atoms with Crippen LogP contribution in [-0.2, 0) is 15.6 Å². The minimum atomic E-state index is -1.45. The Morgan fingerprint density at radius 2 is 2.18 bits per heavy atom. The molecule has 5 nitrogen and oxygen atoms in total. The number of carbonyl (C=O) groups is 1. The van der Waals surface area contributed by atoms with Gasteiger partial charge >= 0.3 is 0 Å². The van der Waals surface area contributed by atoms with E-state index in [0.717, 1.165) is 25.9 Å². The number of nitrogens with two attached hydrogens (primary N) is 1. The Morgan fingerprint density at radius 1 is 1.47 bits per heavy atom. The molecule has 2 heterocycles. The van der Waals surface area contributed by atoms with Crippen molar-refractivity contribution >= 4 is 22.4 Å². The van der Waals surface area contributed by atoms with Crippen molar-refractivity contribution in [1.29, 1.82) is 0 Å². The van der Waals surface area contributed by atoms with Crippen LogP contribution in [0.5, 0.6) is 0 Å². The molecule has 1 aliphatic heterocycles. The van der Waals surface area contributed by atoms with Crippen LogP contribution < -0.4 is 5.73 Å². The predicted molar refractivity (Wildman–Crippen MR) is 65.7 cm³/mol. The normalized spacial score (nSPS) is 17.1. The van der Waals surface area contributed by atoms with E-state index in [4.69, 9.17) is 5.73 Å². The first-order chi connectivity index (χ1) is 8.18. The van der Waals surface area contributed by atoms with Crippen LogP contribution >= 0.6 is 0 Å². The zero-order valence-corrected chi connectivity index (χ0v) is 10.3. The minimum Gasteiger partial charge on any atom is -0.396 e. The molecule has 1 unspecified atom stereocenters. The first-order valence-corrected chi connectivity index (χ1v) is 6.87. The number of rotatable bonds is 3. The van der Waals surface area contributed by atoms with Crippen molar-refractivity contribution in [2.45, 2.75) is 17.9 Å². The maximum Gasteiger partial charge on any atom is 0.235 e. The molecule has 2 N–H and O–H groups in total. The molecule has 0 aliphatic carbocycles. The average Bonchev–Trinajstić information content (AvgIpc) is 2.82. The van der Waals surface area contributed by atoms with Crippen LogP contribution in [0.2, 0.25) is 0 Å². The third kappa shape index (κ3) is 2.82. The maximum atomic E-state index is 12.0. The fraction of sp³-hybridized carbons (Fsp3) is 0.455. The predicted octanol–water partition coefficient (Wildman–Crippen LogP) is 0.394. The van der Waals surface area contributed by atoms with Gasteiger partial charge in [0.05, 0.1) is 16.5 Å². The van der Waals surface area contributed by atoms with Crippen LogP contribution in [0.15, 0.2) is 23.4 Å². The SMILES string of the molecule is Nc1cccnc1S(=O)CC(=O)N1CCCC1. The van der Waals surface area contributed by atoms with Gasteiger partial charge in [0.25, 0.3) is 0 Å². The number of anilines is 1. The fourth-order valence-corrected chi connectivity index (χ4v) is 2.88. The van der Waals surface area contributed by atoms with Crippen LogP contribution in [0.4, 0.5) is 5.69 Å². The second-order valence-corrected chi connectivity index (χ2v) is 5.34. The summed E-state index contributed by atoms with van der Waals surface area (Å²) in [4.78, 5) is 17.5. The van der Waals surface area contributed by atoms with Gasteiger partial charge in [0.1, 0.15) is 5.75 Å². The summed E-state index contributed by atoms with van der Waals surface area (Å²) in [5, 5.41) is 0.306. The van der Waals surface area contributed by atoms with E-state index in [-0.39, 0.29) is 11.7 Å². The molecule has 1 amide bonds. The summed E-state index contributed by atoms with van der Waals surface area (Å²) in [6.07, 6.45) is 3.60. The fourth-order valence-electron chi connectivity index (χ4n) is 1.83. The monoisotopic (exact) mass is 253 g/mol. The van der Waals surface area contributed by atoms with E-state index in [9.17, 15) is 9.00 Å². The molecule has 1 aromatic rings. The van der Waals surface area contributed by atoms with Crippen molar-refractivity contribution < 1.29 is 9.00 Å². The molecule has 1 saturated heterocycles. The van der Waals surface area contributed by atoms with Crippen molar-refractivity contribution in [3.05, 3.63) is 18.3 Å². The number of carbonyl (C=O) groups excluding carboxylic acids is 1. The van der Waals surface area contributed by atoms with Crippen molar-refractivity contribution in [2.24, 2.45) is 0 Å². The van der Waals surface area contributed by atoms with Crippen molar-refractivity contribution in [1.82, 2.24) is 9.88 Å². The van der Waals surface area contributed by atoms with E-state index >= 15 is 0 Å². The number of hydrogen-bond acceptors (Lipinski definition) is 4. The van der Waals surface area contributed by atoms with E-state index in [0.29, 0.717) is 10.7 Å². The highest BCUT2D eigenvalue weighted by molar-refractivity contribution is 7.85. The smallest absolute Gasteiger partial charge is 0.235 e. The highest BCUT2D eigenvalue weighted by Crippen LogP contribution is 2.14. The Hall–Kier alpha value is -1.43. The van der Waals surface area contributed by atoms with Gasteiger partial charge in [0.2, 0.25) is 5.91 Å². The lowest BCUT2D eigenvalue weighted by Crippen LogP contribution is -2.32. The van der Waals surface area contributed by atoms with E-state index in [1.54, 1.807) is 17.0 Å². The van der Waals surface area contributed by atoms with Gasteiger partial charge in [-0.2, -0.15) is 0 Å². The molecule has 1 aromatic heterocycles. The quantitative estimate of drug-likeness (QED) is 0.845. The molecule has 1 fully saturated rings. The topological polar surface area (TPSA) is 76.3 Å². The molecular formula is C11H15N3O2S. The second-order valence-electron chi connectivity index (χ2n) is 3.98. The Kier molecular flexibility index (Phi) is 3.73. The number of pyridine rings is 1. The van der Waals surface area contributed by atoms with E-state index in [1.807, 2.05) is 0 Å². The Bertz CT molecular complexity index is 444. The molecule has 6 heteroatoms. The summed E-state index contributed by atoms with van der Waals surface area (Å²) in [7, 11) is -1.45. The molecular weight excluding hydrogens is 238 g/mol. The molecule has 1 aliphatic rings. The second kappa shape index (κ2) is 5.27. The zero-order chi connectivity index (χ0) is 12.3. The van der Waals surface area contributed by atoms with Gasteiger partial charge in [0, 0.05) is 19.3 Å². The van der Waals surface area contributed by atoms with Crippen LogP contribution in [0.3, 0.4) is 0 Å². The number of hydrogen-bond donors (Lipinski definition) is 1. The molecule has 17 heavy (non-hydrogen) atoms. The lowest BCUT2D eigenvalue weighted by molar-refractivity contribution is -0.127. The zero-order valence-electron chi connectivity index (χ0n) is 9.46. The average molecular weight is 253 g/mol. The number of nitrogens with zero attached hydrogens (tertiary/aromatic N) is 2. The lowest BCUT2D eigenvalue weighted by atomic mass is 10.4. The number of aromatic nitrogens is 1. The highest BCUT2D eigenvalue weighted by atomic mass is 32.2. The summed E-state index contributed by atoms with van der Waals surface area (Å²) in [5.74, 6) is -0.104. The van der Waals surface area contributed by atoms with Gasteiger partial charge in [-0.05, 0) is 25.0 Å². The molecule has 2 rings (SSSR count). The third-order valence-electron chi connectivity index (χ3n) is 2.73. The molecule has 0 saturated carbocycles. The number of amides is 1. The summed E-state index contributed by atoms with van der Waals surface area (Å²) < 4.78 is 12.0. The number of likely N-dealkylation sites (tertiary alicyclic amines) is 1. The minimum absolute atomic E-state index is 0.0266.